The van der Waals surface area contributed by atoms with Crippen LogP contribution in [-0.4, -0.2) is 49.7 Å². The number of aromatic nitrogens is 3. The van der Waals surface area contributed by atoms with Crippen LogP contribution in [0.25, 0.3) is 0 Å². The topological polar surface area (TPSA) is 80.1 Å². The summed E-state index contributed by atoms with van der Waals surface area (Å²) < 4.78 is 1.76. The van der Waals surface area contributed by atoms with Gasteiger partial charge in [0.2, 0.25) is 5.91 Å². The number of carbonyl (C=O) groups is 2. The van der Waals surface area contributed by atoms with E-state index in [-0.39, 0.29) is 11.1 Å². The Morgan fingerprint density at radius 2 is 2.04 bits per heavy atom. The molecule has 1 aromatic carbocycles. The van der Waals surface area contributed by atoms with Crippen molar-refractivity contribution in [1.82, 2.24) is 25.0 Å². The molecule has 24 heavy (non-hydrogen) atoms. The molecule has 1 fully saturated rings. The fourth-order valence-electron chi connectivity index (χ4n) is 2.42. The highest BCUT2D eigenvalue weighted by molar-refractivity contribution is 8.13. The lowest BCUT2D eigenvalue weighted by Crippen LogP contribution is -2.30. The van der Waals surface area contributed by atoms with Crippen molar-refractivity contribution >= 4 is 22.9 Å². The second-order valence-corrected chi connectivity index (χ2v) is 6.58. The summed E-state index contributed by atoms with van der Waals surface area (Å²) in [6.45, 7) is 2.40. The highest BCUT2D eigenvalue weighted by Gasteiger charge is 2.21. The minimum atomic E-state index is -0.0357. The van der Waals surface area contributed by atoms with E-state index in [0.717, 1.165) is 23.4 Å². The molecule has 1 N–H and O–H groups in total. The predicted octanol–water partition coefficient (Wildman–Crippen LogP) is 1.50. The van der Waals surface area contributed by atoms with Gasteiger partial charge < -0.3 is 10.2 Å². The standard InChI is InChI=1S/C16H19N5O2S/c22-15(5-6-20-7-8-24-16(20)23)18-9-13-1-3-14(4-2-13)10-21-12-17-11-19-21/h1-4,11-12H,5-10H2,(H,18,22). The van der Waals surface area contributed by atoms with E-state index in [1.54, 1.807) is 15.9 Å². The van der Waals surface area contributed by atoms with E-state index in [9.17, 15) is 9.59 Å². The van der Waals surface area contributed by atoms with E-state index in [1.807, 2.05) is 24.3 Å². The number of nitrogens with one attached hydrogen (secondary N) is 1. The van der Waals surface area contributed by atoms with Crippen LogP contribution >= 0.6 is 11.8 Å². The van der Waals surface area contributed by atoms with E-state index in [2.05, 4.69) is 15.4 Å². The van der Waals surface area contributed by atoms with E-state index in [4.69, 9.17) is 0 Å². The monoisotopic (exact) mass is 345 g/mol. The van der Waals surface area contributed by atoms with Crippen LogP contribution in [0.1, 0.15) is 17.5 Å². The molecule has 1 aromatic heterocycles. The fraction of sp³-hybridized carbons (Fsp3) is 0.375. The molecule has 2 amide bonds. The third-order valence-corrected chi connectivity index (χ3v) is 4.67. The lowest BCUT2D eigenvalue weighted by Gasteiger charge is -2.14. The first kappa shape index (κ1) is 16.5. The summed E-state index contributed by atoms with van der Waals surface area (Å²) in [6, 6.07) is 8.02. The summed E-state index contributed by atoms with van der Waals surface area (Å²) in [7, 11) is 0. The summed E-state index contributed by atoms with van der Waals surface area (Å²) in [6.07, 6.45) is 3.53. The average Bonchev–Trinajstić information content (AvgIpc) is 3.24. The Hall–Kier alpha value is -2.35. The van der Waals surface area contributed by atoms with Gasteiger partial charge >= 0.3 is 0 Å². The lowest BCUT2D eigenvalue weighted by molar-refractivity contribution is -0.121. The number of amides is 2. The van der Waals surface area contributed by atoms with Crippen molar-refractivity contribution in [3.05, 3.63) is 48.0 Å². The van der Waals surface area contributed by atoms with Gasteiger partial charge in [-0.3, -0.25) is 9.59 Å². The molecular weight excluding hydrogens is 326 g/mol. The maximum Gasteiger partial charge on any atom is 0.281 e. The molecule has 0 radical (unpaired) electrons. The molecule has 126 valence electrons. The SMILES string of the molecule is O=C(CCN1CCSC1=O)NCc1ccc(Cn2cncn2)cc1. The van der Waals surface area contributed by atoms with Crippen molar-refractivity contribution in [2.24, 2.45) is 0 Å². The summed E-state index contributed by atoms with van der Waals surface area (Å²) in [4.78, 5) is 29.0. The zero-order valence-electron chi connectivity index (χ0n) is 13.2. The Balaban J connectivity index is 1.41. The zero-order chi connectivity index (χ0) is 16.8. The molecule has 1 saturated heterocycles. The largest absolute Gasteiger partial charge is 0.352 e. The summed E-state index contributed by atoms with van der Waals surface area (Å²) in [5, 5.41) is 7.04. The molecule has 7 nitrogen and oxygen atoms in total. The molecule has 0 saturated carbocycles. The Morgan fingerprint density at radius 3 is 2.71 bits per heavy atom. The molecule has 0 bridgehead atoms. The van der Waals surface area contributed by atoms with Crippen molar-refractivity contribution in [1.29, 1.82) is 0 Å². The van der Waals surface area contributed by atoms with Crippen LogP contribution in [0.4, 0.5) is 4.79 Å². The first-order valence-corrected chi connectivity index (χ1v) is 8.78. The Labute approximate surface area is 144 Å². The van der Waals surface area contributed by atoms with Gasteiger partial charge in [0.25, 0.3) is 5.24 Å². The van der Waals surface area contributed by atoms with Crippen LogP contribution in [0.2, 0.25) is 0 Å². The molecular formula is C16H19N5O2S. The molecule has 2 aromatic rings. The van der Waals surface area contributed by atoms with Crippen LogP contribution in [0.5, 0.6) is 0 Å². The number of carbonyl (C=O) groups excluding carboxylic acids is 2. The fourth-order valence-corrected chi connectivity index (χ4v) is 3.27. The molecule has 8 heteroatoms. The van der Waals surface area contributed by atoms with Gasteiger partial charge in [0, 0.05) is 31.8 Å². The number of nitrogens with zero attached hydrogens (tertiary/aromatic N) is 4. The first-order chi connectivity index (χ1) is 11.7. The maximum atomic E-state index is 11.9. The zero-order valence-corrected chi connectivity index (χ0v) is 14.0. The number of hydrogen-bond acceptors (Lipinski definition) is 5. The van der Waals surface area contributed by atoms with E-state index in [1.165, 1.54) is 18.1 Å². The van der Waals surface area contributed by atoms with Gasteiger partial charge in [-0.15, -0.1) is 0 Å². The van der Waals surface area contributed by atoms with Gasteiger partial charge in [0.15, 0.2) is 0 Å². The van der Waals surface area contributed by atoms with Gasteiger partial charge in [-0.05, 0) is 11.1 Å². The van der Waals surface area contributed by atoms with Crippen molar-refractivity contribution in [3.63, 3.8) is 0 Å². The van der Waals surface area contributed by atoms with Crippen LogP contribution in [0.15, 0.2) is 36.9 Å². The Morgan fingerprint density at radius 1 is 1.25 bits per heavy atom. The molecule has 3 rings (SSSR count). The number of benzene rings is 1. The highest BCUT2D eigenvalue weighted by atomic mass is 32.2. The molecule has 1 aliphatic heterocycles. The van der Waals surface area contributed by atoms with Gasteiger partial charge in [-0.2, -0.15) is 5.10 Å². The van der Waals surface area contributed by atoms with Crippen molar-refractivity contribution < 1.29 is 9.59 Å². The van der Waals surface area contributed by atoms with Gasteiger partial charge in [0.1, 0.15) is 12.7 Å². The third-order valence-electron chi connectivity index (χ3n) is 3.78. The number of rotatable bonds is 7. The molecule has 0 spiro atoms. The van der Waals surface area contributed by atoms with Crippen LogP contribution < -0.4 is 5.32 Å². The third kappa shape index (κ3) is 4.58. The van der Waals surface area contributed by atoms with Crippen LogP contribution in [0.3, 0.4) is 0 Å². The molecule has 2 heterocycles. The molecule has 0 unspecified atom stereocenters. The Kier molecular flexibility index (Phi) is 5.47. The van der Waals surface area contributed by atoms with Crippen LogP contribution in [-0.2, 0) is 17.9 Å². The predicted molar refractivity (Wildman–Crippen MR) is 91.5 cm³/mol. The second-order valence-electron chi connectivity index (χ2n) is 5.54. The quantitative estimate of drug-likeness (QED) is 0.823. The van der Waals surface area contributed by atoms with Crippen molar-refractivity contribution in [2.45, 2.75) is 19.5 Å². The summed E-state index contributed by atoms with van der Waals surface area (Å²) in [5.41, 5.74) is 2.17. The maximum absolute atomic E-state index is 11.9. The van der Waals surface area contributed by atoms with Gasteiger partial charge in [-0.25, -0.2) is 9.67 Å². The number of hydrogen-bond donors (Lipinski definition) is 1. The molecule has 0 aliphatic carbocycles. The summed E-state index contributed by atoms with van der Waals surface area (Å²) in [5.74, 6) is 0.785. The minimum absolute atomic E-state index is 0.0357. The smallest absolute Gasteiger partial charge is 0.281 e. The van der Waals surface area contributed by atoms with Gasteiger partial charge in [-0.1, -0.05) is 36.0 Å². The van der Waals surface area contributed by atoms with Gasteiger partial charge in [0.05, 0.1) is 6.54 Å². The lowest BCUT2D eigenvalue weighted by atomic mass is 10.1. The van der Waals surface area contributed by atoms with E-state index < -0.39 is 0 Å². The van der Waals surface area contributed by atoms with E-state index >= 15 is 0 Å². The highest BCUT2D eigenvalue weighted by Crippen LogP contribution is 2.17. The van der Waals surface area contributed by atoms with E-state index in [0.29, 0.717) is 26.1 Å². The minimum Gasteiger partial charge on any atom is -0.352 e. The second kappa shape index (κ2) is 7.96. The average molecular weight is 345 g/mol. The summed E-state index contributed by atoms with van der Waals surface area (Å²) >= 11 is 1.31. The van der Waals surface area contributed by atoms with Crippen LogP contribution in [0, 0.1) is 0 Å². The Bertz CT molecular complexity index is 687. The first-order valence-electron chi connectivity index (χ1n) is 7.79. The molecule has 1 aliphatic rings. The number of thioether (sulfide) groups is 1. The normalized spacial score (nSPS) is 14.2. The van der Waals surface area contributed by atoms with Crippen molar-refractivity contribution in [3.8, 4) is 0 Å². The molecule has 0 atom stereocenters. The van der Waals surface area contributed by atoms with Crippen molar-refractivity contribution in [2.75, 3.05) is 18.8 Å².